The third-order valence-corrected chi connectivity index (χ3v) is 13.3. The summed E-state index contributed by atoms with van der Waals surface area (Å²) in [5.41, 5.74) is 2.19. The summed E-state index contributed by atoms with van der Waals surface area (Å²) in [5.74, 6) is -5.50. The minimum Gasteiger partial charge on any atom is -0.504 e. The smallest absolute Gasteiger partial charge is 0.246 e. The highest BCUT2D eigenvalue weighted by Crippen LogP contribution is 2.65. The van der Waals surface area contributed by atoms with E-state index in [1.807, 2.05) is 65.1 Å². The Balaban J connectivity index is 1.19. The number of ketones is 1. The highest BCUT2D eigenvalue weighted by atomic mass is 127. The zero-order chi connectivity index (χ0) is 39.7. The van der Waals surface area contributed by atoms with E-state index in [2.05, 4.69) is 0 Å². The van der Waals surface area contributed by atoms with E-state index >= 15 is 9.59 Å². The number of carbonyl (C=O) groups excluding carboxylic acids is 5. The van der Waals surface area contributed by atoms with Crippen molar-refractivity contribution in [2.75, 3.05) is 16.9 Å². The Morgan fingerprint density at radius 2 is 1.46 bits per heavy atom. The van der Waals surface area contributed by atoms with Gasteiger partial charge in [0.15, 0.2) is 17.3 Å². The van der Waals surface area contributed by atoms with E-state index in [4.69, 9.17) is 16.3 Å². The fourth-order valence-corrected chi connectivity index (χ4v) is 10.6. The van der Waals surface area contributed by atoms with Gasteiger partial charge in [-0.1, -0.05) is 90.0 Å². The van der Waals surface area contributed by atoms with Gasteiger partial charge in [-0.05, 0) is 107 Å². The van der Waals surface area contributed by atoms with Gasteiger partial charge >= 0.3 is 0 Å². The number of benzene rings is 5. The average Bonchev–Trinajstić information content (AvgIpc) is 3.62. The van der Waals surface area contributed by atoms with Gasteiger partial charge in [0.25, 0.3) is 0 Å². The van der Waals surface area contributed by atoms with Crippen molar-refractivity contribution in [3.63, 3.8) is 0 Å². The molecule has 1 N–H and O–H groups in total. The second kappa shape index (κ2) is 14.1. The largest absolute Gasteiger partial charge is 0.504 e. The Morgan fingerprint density at radius 3 is 2.14 bits per heavy atom. The van der Waals surface area contributed by atoms with E-state index in [-0.39, 0.29) is 36.0 Å². The first-order valence-electron chi connectivity index (χ1n) is 18.6. The van der Waals surface area contributed by atoms with Crippen LogP contribution in [0.2, 0.25) is 5.02 Å². The van der Waals surface area contributed by atoms with E-state index in [9.17, 15) is 19.5 Å². The van der Waals surface area contributed by atoms with Crippen molar-refractivity contribution in [2.45, 2.75) is 24.2 Å². The summed E-state index contributed by atoms with van der Waals surface area (Å²) in [6.07, 6.45) is 2.35. The number of fused-ring (bicyclic) bond motifs is 4. The standard InChI is InChI=1S/C46H34ClIN2O7/c1-57-37-22-27(21-36(48)41(37)52)39-32-19-20-33-38(44(55)49(42(33)53)30-17-15-26(16-18-30)40(51)25-9-4-2-5-10-25)34(32)24-35-43(54)50(31-14-8-13-29(47)23-31)45(56)46(35,39)28-11-6-3-7-12-28/h2-19,21-23,33-35,38-39,52H,20,24H2,1H3. The Hall–Kier alpha value is -5.59. The third kappa shape index (κ3) is 5.59. The molecule has 2 aliphatic heterocycles. The molecule has 4 aliphatic rings. The zero-order valence-electron chi connectivity index (χ0n) is 30.5. The highest BCUT2D eigenvalue weighted by Gasteiger charge is 2.70. The van der Waals surface area contributed by atoms with Gasteiger partial charge in [-0.15, -0.1) is 0 Å². The molecule has 9 rings (SSSR count). The lowest BCUT2D eigenvalue weighted by Crippen LogP contribution is -2.53. The molecule has 284 valence electrons. The average molecular weight is 889 g/mol. The number of carbonyl (C=O) groups is 5. The molecule has 0 radical (unpaired) electrons. The number of aromatic hydroxyl groups is 1. The first-order chi connectivity index (χ1) is 27.6. The van der Waals surface area contributed by atoms with Crippen molar-refractivity contribution in [1.29, 1.82) is 0 Å². The molecule has 0 bridgehead atoms. The van der Waals surface area contributed by atoms with Gasteiger partial charge in [-0.3, -0.25) is 28.9 Å². The summed E-state index contributed by atoms with van der Waals surface area (Å²) in [6, 6.07) is 34.7. The normalized spacial score (nSPS) is 25.2. The Kier molecular flexibility index (Phi) is 9.16. The van der Waals surface area contributed by atoms with E-state index in [1.165, 1.54) is 16.9 Å². The molecule has 6 atom stereocenters. The van der Waals surface area contributed by atoms with Crippen LogP contribution in [0, 0.1) is 27.2 Å². The lowest BCUT2D eigenvalue weighted by atomic mass is 9.49. The second-order valence-corrected chi connectivity index (χ2v) is 16.5. The molecule has 11 heteroatoms. The van der Waals surface area contributed by atoms with Crippen LogP contribution >= 0.6 is 34.2 Å². The van der Waals surface area contributed by atoms with Gasteiger partial charge in [-0.25, -0.2) is 4.90 Å². The molecule has 2 aliphatic carbocycles. The predicted octanol–water partition coefficient (Wildman–Crippen LogP) is 8.26. The van der Waals surface area contributed by atoms with Crippen LogP contribution in [0.3, 0.4) is 0 Å². The molecular weight excluding hydrogens is 855 g/mol. The highest BCUT2D eigenvalue weighted by molar-refractivity contribution is 14.1. The molecular formula is C46H34ClIN2O7. The van der Waals surface area contributed by atoms with Crippen LogP contribution in [0.5, 0.6) is 11.5 Å². The number of ether oxygens (including phenoxy) is 1. The van der Waals surface area contributed by atoms with Crippen LogP contribution in [0.1, 0.15) is 45.8 Å². The van der Waals surface area contributed by atoms with Crippen molar-refractivity contribution in [1.82, 2.24) is 0 Å². The molecule has 3 fully saturated rings. The van der Waals surface area contributed by atoms with Crippen LogP contribution < -0.4 is 14.5 Å². The molecule has 0 aromatic heterocycles. The van der Waals surface area contributed by atoms with Crippen LogP contribution in [-0.4, -0.2) is 41.6 Å². The van der Waals surface area contributed by atoms with Crippen molar-refractivity contribution in [2.24, 2.45) is 23.7 Å². The van der Waals surface area contributed by atoms with E-state index in [1.54, 1.807) is 84.9 Å². The number of hydrogen-bond acceptors (Lipinski definition) is 7. The van der Waals surface area contributed by atoms with Crippen molar-refractivity contribution < 1.29 is 33.8 Å². The zero-order valence-corrected chi connectivity index (χ0v) is 33.4. The molecule has 2 heterocycles. The van der Waals surface area contributed by atoms with Crippen molar-refractivity contribution in [3.8, 4) is 11.5 Å². The second-order valence-electron chi connectivity index (χ2n) is 14.9. The third-order valence-electron chi connectivity index (χ3n) is 12.2. The molecule has 4 amide bonds. The number of phenolic OH excluding ortho intramolecular Hbond substituents is 1. The molecule has 0 spiro atoms. The minimum atomic E-state index is -1.48. The summed E-state index contributed by atoms with van der Waals surface area (Å²) in [5, 5.41) is 11.3. The first kappa shape index (κ1) is 37.0. The number of rotatable bonds is 7. The number of halogens is 2. The Bertz CT molecular complexity index is 2540. The number of methoxy groups -OCH3 is 1. The van der Waals surface area contributed by atoms with Gasteiger partial charge in [0.2, 0.25) is 23.6 Å². The molecule has 9 nitrogen and oxygen atoms in total. The van der Waals surface area contributed by atoms with Gasteiger partial charge in [0.1, 0.15) is 0 Å². The van der Waals surface area contributed by atoms with Gasteiger partial charge in [0, 0.05) is 22.1 Å². The summed E-state index contributed by atoms with van der Waals surface area (Å²) in [6.45, 7) is 0. The monoisotopic (exact) mass is 888 g/mol. The minimum absolute atomic E-state index is 0.0599. The maximum Gasteiger partial charge on any atom is 0.246 e. The Labute approximate surface area is 347 Å². The summed E-state index contributed by atoms with van der Waals surface area (Å²) < 4.78 is 6.11. The Morgan fingerprint density at radius 1 is 0.772 bits per heavy atom. The summed E-state index contributed by atoms with van der Waals surface area (Å²) in [7, 11) is 1.45. The number of phenols is 1. The molecule has 2 saturated heterocycles. The number of nitrogens with zero attached hydrogens (tertiary/aromatic N) is 2. The fourth-order valence-electron chi connectivity index (χ4n) is 9.81. The van der Waals surface area contributed by atoms with E-state index < -0.39 is 52.7 Å². The van der Waals surface area contributed by atoms with Gasteiger partial charge in [-0.2, -0.15) is 0 Å². The van der Waals surface area contributed by atoms with Crippen molar-refractivity contribution >= 4 is 75.0 Å². The molecule has 6 unspecified atom stereocenters. The lowest BCUT2D eigenvalue weighted by molar-refractivity contribution is -0.127. The van der Waals surface area contributed by atoms with E-state index in [0.717, 1.165) is 5.57 Å². The van der Waals surface area contributed by atoms with Gasteiger partial charge < -0.3 is 9.84 Å². The number of hydrogen-bond donors (Lipinski definition) is 1. The van der Waals surface area contributed by atoms with Crippen LogP contribution in [-0.2, 0) is 24.6 Å². The van der Waals surface area contributed by atoms with E-state index in [0.29, 0.717) is 42.2 Å². The fraction of sp³-hybridized carbons (Fsp3) is 0.196. The molecule has 5 aromatic carbocycles. The number of imide groups is 2. The number of allylic oxidation sites excluding steroid dienone is 2. The number of amides is 4. The quantitative estimate of drug-likeness (QED) is 0.0757. The van der Waals surface area contributed by atoms with Crippen LogP contribution in [0.25, 0.3) is 0 Å². The SMILES string of the molecule is COc1cc(C2C3=CCC4C(=O)N(c5ccc(C(=O)c6ccccc6)cc5)C(=O)C4C3CC3C(=O)N(c4cccc(Cl)c4)C(=O)C32c2ccccc2)cc(I)c1O. The van der Waals surface area contributed by atoms with Crippen LogP contribution in [0.4, 0.5) is 11.4 Å². The van der Waals surface area contributed by atoms with Crippen molar-refractivity contribution in [3.05, 3.63) is 164 Å². The molecule has 57 heavy (non-hydrogen) atoms. The van der Waals surface area contributed by atoms with Gasteiger partial charge in [0.05, 0.1) is 45.2 Å². The summed E-state index contributed by atoms with van der Waals surface area (Å²) >= 11 is 8.46. The topological polar surface area (TPSA) is 121 Å². The number of anilines is 2. The first-order valence-corrected chi connectivity index (χ1v) is 20.0. The maximum absolute atomic E-state index is 15.5. The van der Waals surface area contributed by atoms with Crippen LogP contribution in [0.15, 0.2) is 133 Å². The maximum atomic E-state index is 15.5. The molecule has 5 aromatic rings. The molecule has 1 saturated carbocycles. The predicted molar refractivity (Wildman–Crippen MR) is 222 cm³/mol. The summed E-state index contributed by atoms with van der Waals surface area (Å²) in [4.78, 5) is 75.2. The lowest BCUT2D eigenvalue weighted by Gasteiger charge is -2.50.